The Hall–Kier alpha value is -1.25. The summed E-state index contributed by atoms with van der Waals surface area (Å²) >= 11 is 2.97. The minimum absolute atomic E-state index is 0.0387. The van der Waals surface area contributed by atoms with E-state index in [0.717, 1.165) is 16.8 Å². The molecular weight excluding hydrogens is 320 g/mol. The van der Waals surface area contributed by atoms with Crippen molar-refractivity contribution < 1.29 is 14.8 Å². The Morgan fingerprint density at radius 1 is 1.58 bits per heavy atom. The largest absolute Gasteiger partial charge is 0.389 e. The maximum absolute atomic E-state index is 11.8. The topological polar surface area (TPSA) is 94.6 Å². The van der Waals surface area contributed by atoms with Gasteiger partial charge in [-0.1, -0.05) is 0 Å². The van der Waals surface area contributed by atoms with Crippen molar-refractivity contribution in [3.05, 3.63) is 37.2 Å². The van der Waals surface area contributed by atoms with E-state index in [4.69, 9.17) is 4.74 Å². The SMILES string of the molecule is CC(C)OC[C@H](O)Cn1cc([N+](=O)[O-])cc(Br)c1=O. The van der Waals surface area contributed by atoms with Crippen molar-refractivity contribution in [2.75, 3.05) is 6.61 Å². The minimum atomic E-state index is -0.908. The maximum atomic E-state index is 11.8. The second kappa shape index (κ2) is 6.78. The number of halogens is 1. The molecule has 19 heavy (non-hydrogen) atoms. The molecule has 106 valence electrons. The first-order valence-corrected chi connectivity index (χ1v) is 6.44. The van der Waals surface area contributed by atoms with Crippen LogP contribution in [-0.2, 0) is 11.3 Å². The summed E-state index contributed by atoms with van der Waals surface area (Å²) in [6, 6.07) is 1.13. The summed E-state index contributed by atoms with van der Waals surface area (Å²) in [6.07, 6.45) is 0.156. The molecule has 0 saturated heterocycles. The number of pyridine rings is 1. The van der Waals surface area contributed by atoms with Gasteiger partial charge in [0.05, 0.1) is 41.0 Å². The molecule has 0 radical (unpaired) electrons. The van der Waals surface area contributed by atoms with E-state index in [9.17, 15) is 20.0 Å². The zero-order valence-corrected chi connectivity index (χ0v) is 12.2. The second-order valence-electron chi connectivity index (χ2n) is 4.30. The van der Waals surface area contributed by atoms with E-state index in [1.165, 1.54) is 0 Å². The van der Waals surface area contributed by atoms with Gasteiger partial charge >= 0.3 is 0 Å². The van der Waals surface area contributed by atoms with E-state index >= 15 is 0 Å². The molecule has 1 rings (SSSR count). The number of rotatable bonds is 6. The fourth-order valence-corrected chi connectivity index (χ4v) is 1.87. The molecule has 8 heteroatoms. The van der Waals surface area contributed by atoms with Crippen LogP contribution in [0.15, 0.2) is 21.5 Å². The average molecular weight is 335 g/mol. The Bertz CT molecular complexity index is 514. The number of aliphatic hydroxyl groups excluding tert-OH is 1. The van der Waals surface area contributed by atoms with Crippen molar-refractivity contribution in [2.24, 2.45) is 0 Å². The van der Waals surface area contributed by atoms with Crippen LogP contribution in [0.4, 0.5) is 5.69 Å². The van der Waals surface area contributed by atoms with Crippen LogP contribution >= 0.6 is 15.9 Å². The quantitative estimate of drug-likeness (QED) is 0.625. The van der Waals surface area contributed by atoms with Gasteiger partial charge in [-0.25, -0.2) is 0 Å². The number of aromatic nitrogens is 1. The van der Waals surface area contributed by atoms with Gasteiger partial charge in [0.15, 0.2) is 0 Å². The number of aliphatic hydroxyl groups is 1. The molecule has 1 aromatic rings. The van der Waals surface area contributed by atoms with Crippen molar-refractivity contribution in [3.8, 4) is 0 Å². The Labute approximate surface area is 118 Å². The highest BCUT2D eigenvalue weighted by Crippen LogP contribution is 2.14. The fourth-order valence-electron chi connectivity index (χ4n) is 1.40. The van der Waals surface area contributed by atoms with Crippen molar-refractivity contribution in [1.29, 1.82) is 0 Å². The zero-order chi connectivity index (χ0) is 14.6. The molecule has 0 fully saturated rings. The number of hydrogen-bond donors (Lipinski definition) is 1. The van der Waals surface area contributed by atoms with Crippen LogP contribution < -0.4 is 5.56 Å². The number of ether oxygens (including phenoxy) is 1. The second-order valence-corrected chi connectivity index (χ2v) is 5.15. The molecular formula is C11H15BrN2O5. The molecule has 0 aliphatic rings. The van der Waals surface area contributed by atoms with E-state index in [-0.39, 0.29) is 29.4 Å². The van der Waals surface area contributed by atoms with Crippen molar-refractivity contribution in [1.82, 2.24) is 4.57 Å². The van der Waals surface area contributed by atoms with Crippen LogP contribution in [0, 0.1) is 10.1 Å². The summed E-state index contributed by atoms with van der Waals surface area (Å²) in [5.74, 6) is 0. The molecule has 1 N–H and O–H groups in total. The van der Waals surface area contributed by atoms with Gasteiger partial charge < -0.3 is 14.4 Å². The normalized spacial score (nSPS) is 12.7. The fraction of sp³-hybridized carbons (Fsp3) is 0.545. The Kier molecular flexibility index (Phi) is 5.64. The molecule has 0 unspecified atom stereocenters. The van der Waals surface area contributed by atoms with Crippen LogP contribution in [0.2, 0.25) is 0 Å². The lowest BCUT2D eigenvalue weighted by Crippen LogP contribution is -2.30. The molecule has 0 aliphatic carbocycles. The Morgan fingerprint density at radius 3 is 2.74 bits per heavy atom. The minimum Gasteiger partial charge on any atom is -0.389 e. The molecule has 1 atom stereocenters. The summed E-state index contributed by atoms with van der Waals surface area (Å²) in [5, 5.41) is 20.4. The highest BCUT2D eigenvalue weighted by Gasteiger charge is 2.15. The van der Waals surface area contributed by atoms with E-state index in [0.29, 0.717) is 0 Å². The van der Waals surface area contributed by atoms with Gasteiger partial charge in [-0.15, -0.1) is 0 Å². The smallest absolute Gasteiger partial charge is 0.286 e. The van der Waals surface area contributed by atoms with Gasteiger partial charge in [0, 0.05) is 6.07 Å². The van der Waals surface area contributed by atoms with Crippen molar-refractivity contribution >= 4 is 21.6 Å². The lowest BCUT2D eigenvalue weighted by Gasteiger charge is -2.14. The lowest BCUT2D eigenvalue weighted by atomic mass is 10.3. The molecule has 0 aliphatic heterocycles. The first-order chi connectivity index (χ1) is 8.81. The van der Waals surface area contributed by atoms with Gasteiger partial charge in [-0.05, 0) is 29.8 Å². The number of nitro groups is 1. The summed E-state index contributed by atoms with van der Waals surface area (Å²) in [6.45, 7) is 3.64. The van der Waals surface area contributed by atoms with Crippen LogP contribution in [0.25, 0.3) is 0 Å². The first-order valence-electron chi connectivity index (χ1n) is 5.65. The van der Waals surface area contributed by atoms with E-state index < -0.39 is 16.6 Å². The summed E-state index contributed by atoms with van der Waals surface area (Å²) in [7, 11) is 0. The maximum Gasteiger partial charge on any atom is 0.286 e. The zero-order valence-electron chi connectivity index (χ0n) is 10.6. The molecule has 0 aromatic carbocycles. The van der Waals surface area contributed by atoms with E-state index in [1.54, 1.807) is 0 Å². The third-order valence-corrected chi connectivity index (χ3v) is 2.84. The third kappa shape index (κ3) is 4.73. The van der Waals surface area contributed by atoms with Gasteiger partial charge in [-0.3, -0.25) is 14.9 Å². The molecule has 7 nitrogen and oxygen atoms in total. The molecule has 0 spiro atoms. The first kappa shape index (κ1) is 15.8. The molecule has 1 heterocycles. The Morgan fingerprint density at radius 2 is 2.21 bits per heavy atom. The van der Waals surface area contributed by atoms with E-state index in [1.807, 2.05) is 13.8 Å². The molecule has 0 amide bonds. The monoisotopic (exact) mass is 334 g/mol. The third-order valence-electron chi connectivity index (χ3n) is 2.27. The summed E-state index contributed by atoms with van der Waals surface area (Å²) in [5.41, 5.74) is -0.655. The highest BCUT2D eigenvalue weighted by molar-refractivity contribution is 9.10. The van der Waals surface area contributed by atoms with Crippen LogP contribution in [0.5, 0.6) is 0 Å². The van der Waals surface area contributed by atoms with Crippen LogP contribution in [0.1, 0.15) is 13.8 Å². The molecule has 0 saturated carbocycles. The molecule has 0 bridgehead atoms. The number of nitrogens with zero attached hydrogens (tertiary/aromatic N) is 2. The summed E-state index contributed by atoms with van der Waals surface area (Å²) < 4.78 is 6.39. The predicted molar refractivity (Wildman–Crippen MR) is 72.2 cm³/mol. The standard InChI is InChI=1S/C11H15BrN2O5/c1-7(2)19-6-9(15)5-13-4-8(14(17)18)3-10(12)11(13)16/h3-4,7,9,15H,5-6H2,1-2H3/t9-/m1/s1. The van der Waals surface area contributed by atoms with Gasteiger partial charge in [0.25, 0.3) is 11.2 Å². The predicted octanol–water partition coefficient (Wildman–Crippen LogP) is 1.30. The number of hydrogen-bond acceptors (Lipinski definition) is 5. The van der Waals surface area contributed by atoms with Crippen molar-refractivity contribution in [2.45, 2.75) is 32.6 Å². The Balaban J connectivity index is 2.88. The van der Waals surface area contributed by atoms with Gasteiger partial charge in [0.2, 0.25) is 0 Å². The van der Waals surface area contributed by atoms with Crippen LogP contribution in [-0.4, -0.2) is 33.4 Å². The van der Waals surface area contributed by atoms with E-state index in [2.05, 4.69) is 15.9 Å². The van der Waals surface area contributed by atoms with Gasteiger partial charge in [0.1, 0.15) is 0 Å². The molecule has 1 aromatic heterocycles. The van der Waals surface area contributed by atoms with Crippen molar-refractivity contribution in [3.63, 3.8) is 0 Å². The van der Waals surface area contributed by atoms with Gasteiger partial charge in [-0.2, -0.15) is 0 Å². The van der Waals surface area contributed by atoms with Crippen LogP contribution in [0.3, 0.4) is 0 Å². The highest BCUT2D eigenvalue weighted by atomic mass is 79.9. The average Bonchev–Trinajstić information content (AvgIpc) is 2.31. The lowest BCUT2D eigenvalue weighted by molar-refractivity contribution is -0.385. The summed E-state index contributed by atoms with van der Waals surface area (Å²) in [4.78, 5) is 21.9.